The van der Waals surface area contributed by atoms with Crippen molar-refractivity contribution in [1.29, 1.82) is 0 Å². The molecule has 2 unspecified atom stereocenters. The van der Waals surface area contributed by atoms with Crippen LogP contribution in [0.4, 0.5) is 4.39 Å². The first-order valence-electron chi connectivity index (χ1n) is 5.05. The summed E-state index contributed by atoms with van der Waals surface area (Å²) in [6.07, 6.45) is 1.76. The van der Waals surface area contributed by atoms with Crippen LogP contribution in [0.5, 0.6) is 0 Å². The van der Waals surface area contributed by atoms with Gasteiger partial charge < -0.3 is 9.57 Å². The molecule has 1 rings (SSSR count). The molecular weight excluding hydrogens is 201 g/mol. The number of esters is 1. The molecule has 1 aliphatic rings. The zero-order valence-corrected chi connectivity index (χ0v) is 9.25. The summed E-state index contributed by atoms with van der Waals surface area (Å²) in [6, 6.07) is 0. The fourth-order valence-electron chi connectivity index (χ4n) is 1.55. The number of rotatable bonds is 4. The van der Waals surface area contributed by atoms with Crippen LogP contribution < -0.4 is 0 Å². The van der Waals surface area contributed by atoms with Crippen LogP contribution in [0.25, 0.3) is 0 Å². The van der Waals surface area contributed by atoms with Gasteiger partial charge in [0.1, 0.15) is 0 Å². The Morgan fingerprint density at radius 1 is 1.80 bits per heavy atom. The van der Waals surface area contributed by atoms with Crippen LogP contribution in [0.1, 0.15) is 33.1 Å². The number of carbonyl (C=O) groups is 1. The molecule has 0 aromatic carbocycles. The maximum absolute atomic E-state index is 13.7. The summed E-state index contributed by atoms with van der Waals surface area (Å²) in [5, 5.41) is 3.62. The SMILES string of the molecule is CCCC(C)C1=NOC(F)(C(=O)OC)C1. The van der Waals surface area contributed by atoms with Crippen LogP contribution in [-0.2, 0) is 14.4 Å². The third kappa shape index (κ3) is 2.46. The first kappa shape index (κ1) is 11.9. The standard InChI is InChI=1S/C10H16FNO3/c1-4-5-7(2)8-6-10(11,15-12-8)9(13)14-3/h7H,4-6H2,1-3H3. The average molecular weight is 217 g/mol. The second-order valence-corrected chi connectivity index (χ2v) is 3.76. The number of carbonyl (C=O) groups excluding carboxylic acids is 1. The van der Waals surface area contributed by atoms with Crippen molar-refractivity contribution < 1.29 is 18.8 Å². The Bertz CT molecular complexity index is 280. The Morgan fingerprint density at radius 2 is 2.47 bits per heavy atom. The van der Waals surface area contributed by atoms with Crippen molar-refractivity contribution in [2.45, 2.75) is 39.0 Å². The molecule has 0 aliphatic carbocycles. The van der Waals surface area contributed by atoms with Crippen LogP contribution in [-0.4, -0.2) is 24.6 Å². The third-order valence-electron chi connectivity index (χ3n) is 2.50. The van der Waals surface area contributed by atoms with Crippen LogP contribution in [0.3, 0.4) is 0 Å². The van der Waals surface area contributed by atoms with Crippen LogP contribution >= 0.6 is 0 Å². The lowest BCUT2D eigenvalue weighted by Crippen LogP contribution is -2.35. The number of methoxy groups -OCH3 is 1. The third-order valence-corrected chi connectivity index (χ3v) is 2.50. The van der Waals surface area contributed by atoms with Gasteiger partial charge in [-0.25, -0.2) is 4.79 Å². The average Bonchev–Trinajstić information content (AvgIpc) is 2.61. The van der Waals surface area contributed by atoms with E-state index in [0.717, 1.165) is 20.0 Å². The van der Waals surface area contributed by atoms with Crippen molar-refractivity contribution in [3.8, 4) is 0 Å². The van der Waals surface area contributed by atoms with Gasteiger partial charge in [-0.15, -0.1) is 0 Å². The lowest BCUT2D eigenvalue weighted by atomic mass is 9.96. The molecule has 2 atom stereocenters. The molecule has 0 amide bonds. The van der Waals surface area contributed by atoms with Crippen molar-refractivity contribution in [2.75, 3.05) is 7.11 Å². The highest BCUT2D eigenvalue weighted by molar-refractivity contribution is 5.93. The Kier molecular flexibility index (Phi) is 3.66. The van der Waals surface area contributed by atoms with Gasteiger partial charge in [0.15, 0.2) is 0 Å². The summed E-state index contributed by atoms with van der Waals surface area (Å²) in [5.74, 6) is -3.30. The highest BCUT2D eigenvalue weighted by Gasteiger charge is 2.49. The molecular formula is C10H16FNO3. The molecule has 0 fully saturated rings. The maximum Gasteiger partial charge on any atom is 0.386 e. The van der Waals surface area contributed by atoms with E-state index in [2.05, 4.69) is 14.7 Å². The van der Waals surface area contributed by atoms with E-state index in [-0.39, 0.29) is 12.3 Å². The highest BCUT2D eigenvalue weighted by Crippen LogP contribution is 2.30. The fraction of sp³-hybridized carbons (Fsp3) is 0.800. The number of hydrogen-bond donors (Lipinski definition) is 0. The van der Waals surface area contributed by atoms with Gasteiger partial charge in [-0.3, -0.25) is 0 Å². The zero-order valence-electron chi connectivity index (χ0n) is 9.25. The largest absolute Gasteiger partial charge is 0.464 e. The summed E-state index contributed by atoms with van der Waals surface area (Å²) in [7, 11) is 1.13. The van der Waals surface area contributed by atoms with E-state index >= 15 is 0 Å². The Morgan fingerprint density at radius 3 is 3.00 bits per heavy atom. The number of alkyl halides is 1. The minimum Gasteiger partial charge on any atom is -0.464 e. The zero-order chi connectivity index (χ0) is 11.5. The first-order chi connectivity index (χ1) is 7.03. The second kappa shape index (κ2) is 4.59. The van der Waals surface area contributed by atoms with E-state index in [1.165, 1.54) is 0 Å². The Balaban J connectivity index is 2.60. The number of oxime groups is 1. The number of nitrogens with zero attached hydrogens (tertiary/aromatic N) is 1. The monoisotopic (exact) mass is 217 g/mol. The number of hydrogen-bond acceptors (Lipinski definition) is 4. The van der Waals surface area contributed by atoms with Crippen molar-refractivity contribution >= 4 is 11.7 Å². The van der Waals surface area contributed by atoms with Gasteiger partial charge in [-0.2, -0.15) is 4.39 Å². The Labute approximate surface area is 88.4 Å². The van der Waals surface area contributed by atoms with E-state index in [0.29, 0.717) is 5.71 Å². The van der Waals surface area contributed by atoms with E-state index in [1.54, 1.807) is 0 Å². The Hall–Kier alpha value is -1.13. The van der Waals surface area contributed by atoms with E-state index in [1.807, 2.05) is 13.8 Å². The predicted molar refractivity (Wildman–Crippen MR) is 53.1 cm³/mol. The molecule has 0 aromatic rings. The summed E-state index contributed by atoms with van der Waals surface area (Å²) in [4.78, 5) is 15.6. The molecule has 0 radical (unpaired) electrons. The first-order valence-corrected chi connectivity index (χ1v) is 5.05. The number of halogens is 1. The van der Waals surface area contributed by atoms with E-state index in [4.69, 9.17) is 0 Å². The lowest BCUT2D eigenvalue weighted by molar-refractivity contribution is -0.191. The van der Waals surface area contributed by atoms with E-state index < -0.39 is 11.8 Å². The van der Waals surface area contributed by atoms with Gasteiger partial charge in [-0.1, -0.05) is 25.4 Å². The summed E-state index contributed by atoms with van der Waals surface area (Å²) >= 11 is 0. The number of ether oxygens (including phenoxy) is 1. The molecule has 15 heavy (non-hydrogen) atoms. The molecule has 0 aromatic heterocycles. The molecule has 4 nitrogen and oxygen atoms in total. The summed E-state index contributed by atoms with van der Waals surface area (Å²) in [5.41, 5.74) is 0.588. The molecule has 0 spiro atoms. The van der Waals surface area contributed by atoms with Gasteiger partial charge in [0.2, 0.25) is 0 Å². The van der Waals surface area contributed by atoms with Crippen molar-refractivity contribution in [2.24, 2.45) is 11.1 Å². The van der Waals surface area contributed by atoms with Crippen LogP contribution in [0, 0.1) is 5.92 Å². The van der Waals surface area contributed by atoms with Gasteiger partial charge in [0, 0.05) is 0 Å². The molecule has 1 heterocycles. The normalized spacial score (nSPS) is 26.8. The molecule has 0 saturated heterocycles. The summed E-state index contributed by atoms with van der Waals surface area (Å²) < 4.78 is 18.1. The van der Waals surface area contributed by atoms with Crippen molar-refractivity contribution in [3.63, 3.8) is 0 Å². The van der Waals surface area contributed by atoms with Crippen molar-refractivity contribution in [3.05, 3.63) is 0 Å². The lowest BCUT2D eigenvalue weighted by Gasteiger charge is -2.14. The van der Waals surface area contributed by atoms with Crippen LogP contribution in [0.2, 0.25) is 0 Å². The minimum absolute atomic E-state index is 0.124. The predicted octanol–water partition coefficient (Wildman–Crippen LogP) is 2.04. The molecule has 0 N–H and O–H groups in total. The molecule has 0 bridgehead atoms. The smallest absolute Gasteiger partial charge is 0.386 e. The van der Waals surface area contributed by atoms with Crippen LogP contribution in [0.15, 0.2) is 5.16 Å². The topological polar surface area (TPSA) is 47.9 Å². The van der Waals surface area contributed by atoms with Gasteiger partial charge in [0.05, 0.1) is 19.2 Å². The van der Waals surface area contributed by atoms with Gasteiger partial charge in [0.25, 0.3) is 0 Å². The quantitative estimate of drug-likeness (QED) is 0.677. The van der Waals surface area contributed by atoms with E-state index in [9.17, 15) is 9.18 Å². The van der Waals surface area contributed by atoms with Gasteiger partial charge >= 0.3 is 11.8 Å². The molecule has 5 heteroatoms. The minimum atomic E-state index is -2.41. The maximum atomic E-state index is 13.7. The summed E-state index contributed by atoms with van der Waals surface area (Å²) in [6.45, 7) is 3.98. The highest BCUT2D eigenvalue weighted by atomic mass is 19.2. The van der Waals surface area contributed by atoms with Gasteiger partial charge in [-0.05, 0) is 12.3 Å². The molecule has 0 saturated carbocycles. The fourth-order valence-corrected chi connectivity index (χ4v) is 1.55. The second-order valence-electron chi connectivity index (χ2n) is 3.76. The molecule has 1 aliphatic heterocycles. The molecule has 86 valence electrons. The van der Waals surface area contributed by atoms with Crippen molar-refractivity contribution in [1.82, 2.24) is 0 Å².